The summed E-state index contributed by atoms with van der Waals surface area (Å²) < 4.78 is 0. The maximum atomic E-state index is 2.71. The SMILES string of the molecule is CP1C2(CCCCC2)CCCC12CCCCC2. The summed E-state index contributed by atoms with van der Waals surface area (Å²) in [6.45, 7) is 2.71. The van der Waals surface area contributed by atoms with Gasteiger partial charge in [-0.2, -0.15) is 0 Å². The van der Waals surface area contributed by atoms with Crippen LogP contribution < -0.4 is 0 Å². The zero-order valence-electron chi connectivity index (χ0n) is 11.6. The Morgan fingerprint density at radius 2 is 0.882 bits per heavy atom. The Morgan fingerprint density at radius 1 is 0.529 bits per heavy atom. The smallest absolute Gasteiger partial charge is 0.00919 e. The van der Waals surface area contributed by atoms with E-state index in [2.05, 4.69) is 6.66 Å². The monoisotopic (exact) mass is 252 g/mol. The van der Waals surface area contributed by atoms with Gasteiger partial charge < -0.3 is 0 Å². The van der Waals surface area contributed by atoms with Gasteiger partial charge in [0, 0.05) is 0 Å². The molecule has 3 aliphatic rings. The Morgan fingerprint density at radius 3 is 1.29 bits per heavy atom. The summed E-state index contributed by atoms with van der Waals surface area (Å²) in [4.78, 5) is 0. The van der Waals surface area contributed by atoms with E-state index < -0.39 is 0 Å². The second kappa shape index (κ2) is 4.84. The lowest BCUT2D eigenvalue weighted by atomic mass is 9.79. The van der Waals surface area contributed by atoms with Crippen molar-refractivity contribution in [3.05, 3.63) is 0 Å². The van der Waals surface area contributed by atoms with Crippen molar-refractivity contribution in [2.45, 2.75) is 93.8 Å². The lowest BCUT2D eigenvalue weighted by Crippen LogP contribution is -2.44. The second-order valence-corrected chi connectivity index (χ2v) is 10.00. The van der Waals surface area contributed by atoms with Crippen LogP contribution in [0.5, 0.6) is 0 Å². The molecule has 0 bridgehead atoms. The van der Waals surface area contributed by atoms with Gasteiger partial charge in [0.05, 0.1) is 0 Å². The highest BCUT2D eigenvalue weighted by Crippen LogP contribution is 2.71. The molecule has 3 fully saturated rings. The van der Waals surface area contributed by atoms with Crippen molar-refractivity contribution in [1.29, 1.82) is 0 Å². The standard InChI is InChI=1S/C16H29P/c1-17-15(9-4-2-5-10-15)13-8-14-16(17)11-6-3-7-12-16/h2-14H2,1H3. The third-order valence-electron chi connectivity index (χ3n) is 6.28. The fraction of sp³-hybridized carbons (Fsp3) is 1.00. The molecule has 0 amide bonds. The van der Waals surface area contributed by atoms with Crippen LogP contribution in [-0.2, 0) is 0 Å². The van der Waals surface area contributed by atoms with Gasteiger partial charge in [-0.15, -0.1) is 0 Å². The zero-order chi connectivity index (χ0) is 11.8. The summed E-state index contributed by atoms with van der Waals surface area (Å²) >= 11 is 0. The van der Waals surface area contributed by atoms with Crippen LogP contribution in [0.4, 0.5) is 0 Å². The highest BCUT2D eigenvalue weighted by molar-refractivity contribution is 7.60. The minimum absolute atomic E-state index is 0.304. The van der Waals surface area contributed by atoms with Gasteiger partial charge in [0.2, 0.25) is 0 Å². The number of hydrogen-bond donors (Lipinski definition) is 0. The van der Waals surface area contributed by atoms with Crippen molar-refractivity contribution in [1.82, 2.24) is 0 Å². The van der Waals surface area contributed by atoms with E-state index in [0.29, 0.717) is 7.92 Å². The molecular formula is C16H29P. The first-order valence-corrected chi connectivity index (χ1v) is 9.80. The maximum absolute atomic E-state index is 2.71. The summed E-state index contributed by atoms with van der Waals surface area (Å²) in [5, 5.41) is 1.70. The number of rotatable bonds is 0. The summed E-state index contributed by atoms with van der Waals surface area (Å²) in [7, 11) is 0.304. The molecule has 3 rings (SSSR count). The summed E-state index contributed by atoms with van der Waals surface area (Å²) in [6, 6.07) is 0. The van der Waals surface area contributed by atoms with Crippen LogP contribution in [0.1, 0.15) is 83.5 Å². The van der Waals surface area contributed by atoms with Gasteiger partial charge in [-0.25, -0.2) is 0 Å². The Kier molecular flexibility index (Phi) is 3.55. The number of hydrogen-bond acceptors (Lipinski definition) is 0. The summed E-state index contributed by atoms with van der Waals surface area (Å²) in [5.74, 6) is 0. The molecule has 0 N–H and O–H groups in total. The van der Waals surface area contributed by atoms with E-state index >= 15 is 0 Å². The van der Waals surface area contributed by atoms with E-state index in [9.17, 15) is 0 Å². The largest absolute Gasteiger partial charge is 0.0972 e. The van der Waals surface area contributed by atoms with Crippen LogP contribution in [0.3, 0.4) is 0 Å². The lowest BCUT2D eigenvalue weighted by Gasteiger charge is -2.57. The van der Waals surface area contributed by atoms with Gasteiger partial charge in [-0.1, -0.05) is 52.9 Å². The minimum atomic E-state index is 0.304. The van der Waals surface area contributed by atoms with Crippen molar-refractivity contribution in [3.8, 4) is 0 Å². The predicted molar refractivity (Wildman–Crippen MR) is 78.3 cm³/mol. The molecular weight excluding hydrogens is 223 g/mol. The molecule has 0 aromatic heterocycles. The van der Waals surface area contributed by atoms with E-state index in [0.717, 1.165) is 10.3 Å². The fourth-order valence-corrected chi connectivity index (χ4v) is 9.14. The molecule has 0 atom stereocenters. The normalized spacial score (nSPS) is 33.0. The van der Waals surface area contributed by atoms with Crippen LogP contribution >= 0.6 is 7.92 Å². The van der Waals surface area contributed by atoms with Crippen molar-refractivity contribution >= 4 is 7.92 Å². The molecule has 0 aromatic rings. The Hall–Kier alpha value is 0.430. The molecule has 1 aliphatic heterocycles. The molecule has 0 radical (unpaired) electrons. The average molecular weight is 252 g/mol. The molecule has 0 nitrogen and oxygen atoms in total. The van der Waals surface area contributed by atoms with Crippen LogP contribution in [0, 0.1) is 0 Å². The highest BCUT2D eigenvalue weighted by Gasteiger charge is 2.50. The van der Waals surface area contributed by atoms with E-state index in [1.807, 2.05) is 0 Å². The van der Waals surface area contributed by atoms with Gasteiger partial charge in [0.15, 0.2) is 0 Å². The topological polar surface area (TPSA) is 0 Å². The minimum Gasteiger partial charge on any atom is -0.0972 e. The van der Waals surface area contributed by atoms with Gasteiger partial charge in [0.1, 0.15) is 0 Å². The van der Waals surface area contributed by atoms with Crippen LogP contribution in [0.15, 0.2) is 0 Å². The summed E-state index contributed by atoms with van der Waals surface area (Å²) in [6.07, 6.45) is 20.4. The molecule has 1 saturated heterocycles. The first-order valence-electron chi connectivity index (χ1n) is 8.02. The first kappa shape index (κ1) is 12.5. The van der Waals surface area contributed by atoms with Gasteiger partial charge >= 0.3 is 0 Å². The molecule has 0 aromatic carbocycles. The van der Waals surface area contributed by atoms with Crippen molar-refractivity contribution < 1.29 is 0 Å². The first-order chi connectivity index (χ1) is 8.28. The van der Waals surface area contributed by atoms with E-state index in [4.69, 9.17) is 0 Å². The Labute approximate surface area is 109 Å². The molecule has 1 heteroatoms. The van der Waals surface area contributed by atoms with Gasteiger partial charge in [-0.05, 0) is 55.5 Å². The average Bonchev–Trinajstić information content (AvgIpc) is 2.39. The van der Waals surface area contributed by atoms with Crippen molar-refractivity contribution in [3.63, 3.8) is 0 Å². The van der Waals surface area contributed by atoms with Crippen LogP contribution in [-0.4, -0.2) is 17.0 Å². The molecule has 2 aliphatic carbocycles. The molecule has 0 unspecified atom stereocenters. The third kappa shape index (κ3) is 2.09. The lowest BCUT2D eigenvalue weighted by molar-refractivity contribution is 0.285. The second-order valence-electron chi connectivity index (χ2n) is 6.98. The Bertz CT molecular complexity index is 222. The molecule has 1 heterocycles. The fourth-order valence-electron chi connectivity index (χ4n) is 5.18. The molecule has 17 heavy (non-hydrogen) atoms. The predicted octanol–water partition coefficient (Wildman–Crippen LogP) is 5.69. The zero-order valence-corrected chi connectivity index (χ0v) is 12.5. The van der Waals surface area contributed by atoms with Crippen LogP contribution in [0.25, 0.3) is 0 Å². The van der Waals surface area contributed by atoms with Gasteiger partial charge in [-0.3, -0.25) is 0 Å². The molecule has 98 valence electrons. The third-order valence-corrected chi connectivity index (χ3v) is 10.5. The molecule has 2 saturated carbocycles. The Balaban J connectivity index is 1.82. The van der Waals surface area contributed by atoms with Crippen molar-refractivity contribution in [2.24, 2.45) is 0 Å². The quantitative estimate of drug-likeness (QED) is 0.486. The van der Waals surface area contributed by atoms with E-state index in [1.165, 1.54) is 12.8 Å². The highest BCUT2D eigenvalue weighted by atomic mass is 31.1. The van der Waals surface area contributed by atoms with Crippen molar-refractivity contribution in [2.75, 3.05) is 6.66 Å². The van der Waals surface area contributed by atoms with E-state index in [-0.39, 0.29) is 0 Å². The molecule has 2 spiro atoms. The maximum Gasteiger partial charge on any atom is -0.00919 e. The summed E-state index contributed by atoms with van der Waals surface area (Å²) in [5.41, 5.74) is 0. The van der Waals surface area contributed by atoms with E-state index in [1.54, 1.807) is 70.6 Å². The van der Waals surface area contributed by atoms with Gasteiger partial charge in [0.25, 0.3) is 0 Å². The van der Waals surface area contributed by atoms with Crippen LogP contribution in [0.2, 0.25) is 0 Å².